The van der Waals surface area contributed by atoms with E-state index in [1.165, 1.54) is 36.4 Å². The van der Waals surface area contributed by atoms with E-state index >= 15 is 0 Å². The third-order valence-electron chi connectivity index (χ3n) is 4.62. The van der Waals surface area contributed by atoms with Gasteiger partial charge in [0.05, 0.1) is 0 Å². The van der Waals surface area contributed by atoms with Crippen LogP contribution in [0, 0.1) is 11.7 Å². The first-order valence-corrected chi connectivity index (χ1v) is 8.44. The monoisotopic (exact) mass is 354 g/mol. The summed E-state index contributed by atoms with van der Waals surface area (Å²) in [7, 11) is 0. The fraction of sp³-hybridized carbons (Fsp3) is 0.250. The molecule has 0 aliphatic carbocycles. The molecule has 2 amide bonds. The predicted octanol–water partition coefficient (Wildman–Crippen LogP) is 2.66. The van der Waals surface area contributed by atoms with Gasteiger partial charge in [0.1, 0.15) is 5.82 Å². The van der Waals surface area contributed by atoms with E-state index in [9.17, 15) is 18.8 Å². The summed E-state index contributed by atoms with van der Waals surface area (Å²) < 4.78 is 13.0. The molecule has 1 atom stereocenters. The fourth-order valence-corrected chi connectivity index (χ4v) is 3.19. The molecule has 0 bridgehead atoms. The number of halogens is 1. The van der Waals surface area contributed by atoms with E-state index in [2.05, 4.69) is 0 Å². The molecule has 134 valence electrons. The summed E-state index contributed by atoms with van der Waals surface area (Å²) in [5, 5.41) is 0. The van der Waals surface area contributed by atoms with Crippen LogP contribution in [-0.2, 0) is 0 Å². The van der Waals surface area contributed by atoms with Crippen LogP contribution in [0.3, 0.4) is 0 Å². The minimum atomic E-state index is -0.549. The van der Waals surface area contributed by atoms with Crippen molar-refractivity contribution in [2.24, 2.45) is 11.7 Å². The smallest absolute Gasteiger partial charge is 0.253 e. The minimum Gasteiger partial charge on any atom is -0.366 e. The van der Waals surface area contributed by atoms with Gasteiger partial charge in [-0.3, -0.25) is 14.4 Å². The molecule has 26 heavy (non-hydrogen) atoms. The molecule has 1 aliphatic rings. The van der Waals surface area contributed by atoms with Crippen LogP contribution in [0.2, 0.25) is 0 Å². The van der Waals surface area contributed by atoms with Crippen LogP contribution in [0.1, 0.15) is 43.9 Å². The Morgan fingerprint density at radius 1 is 0.923 bits per heavy atom. The van der Waals surface area contributed by atoms with Crippen molar-refractivity contribution in [1.82, 2.24) is 4.90 Å². The lowest BCUT2D eigenvalue weighted by Crippen LogP contribution is -2.42. The predicted molar refractivity (Wildman–Crippen MR) is 94.3 cm³/mol. The van der Waals surface area contributed by atoms with Gasteiger partial charge in [0.25, 0.3) is 5.91 Å². The molecule has 2 aromatic rings. The second-order valence-electron chi connectivity index (χ2n) is 6.40. The van der Waals surface area contributed by atoms with Gasteiger partial charge in [-0.1, -0.05) is 0 Å². The van der Waals surface area contributed by atoms with E-state index in [1.807, 2.05) is 0 Å². The highest BCUT2D eigenvalue weighted by molar-refractivity contribution is 6.00. The Morgan fingerprint density at radius 2 is 1.50 bits per heavy atom. The molecule has 6 heteroatoms. The van der Waals surface area contributed by atoms with Gasteiger partial charge in [-0.05, 0) is 61.4 Å². The van der Waals surface area contributed by atoms with Crippen LogP contribution in [0.5, 0.6) is 0 Å². The summed E-state index contributed by atoms with van der Waals surface area (Å²) in [6.45, 7) is 0.899. The molecule has 0 radical (unpaired) electrons. The van der Waals surface area contributed by atoms with E-state index in [0.717, 1.165) is 6.42 Å². The van der Waals surface area contributed by atoms with Gasteiger partial charge in [-0.25, -0.2) is 4.39 Å². The normalized spacial score (nSPS) is 17.0. The zero-order valence-electron chi connectivity index (χ0n) is 14.2. The Labute approximate surface area is 150 Å². The molecule has 0 aromatic heterocycles. The molecule has 0 spiro atoms. The van der Waals surface area contributed by atoms with E-state index in [-0.39, 0.29) is 23.4 Å². The largest absolute Gasteiger partial charge is 0.366 e. The molecule has 0 saturated carbocycles. The van der Waals surface area contributed by atoms with Crippen LogP contribution >= 0.6 is 0 Å². The highest BCUT2D eigenvalue weighted by Gasteiger charge is 2.29. The lowest BCUT2D eigenvalue weighted by atomic mass is 9.89. The zero-order valence-corrected chi connectivity index (χ0v) is 14.2. The summed E-state index contributed by atoms with van der Waals surface area (Å²) in [6, 6.07) is 11.6. The van der Waals surface area contributed by atoms with Gasteiger partial charge in [0.2, 0.25) is 5.91 Å². The third-order valence-corrected chi connectivity index (χ3v) is 4.62. The van der Waals surface area contributed by atoms with Crippen LogP contribution in [0.25, 0.3) is 0 Å². The highest BCUT2D eigenvalue weighted by atomic mass is 19.1. The average molecular weight is 354 g/mol. The number of ketones is 1. The van der Waals surface area contributed by atoms with Crippen LogP contribution in [0.4, 0.5) is 4.39 Å². The van der Waals surface area contributed by atoms with Crippen molar-refractivity contribution in [3.8, 4) is 0 Å². The van der Waals surface area contributed by atoms with E-state index < -0.39 is 5.91 Å². The molecule has 1 saturated heterocycles. The lowest BCUT2D eigenvalue weighted by molar-refractivity contribution is 0.0636. The standard InChI is InChI=1S/C20H19FN2O3/c21-17-9-7-13(8-10-17)18(24)16-2-1-11-23(12-16)20(26)15-5-3-14(4-6-15)19(22)25/h3-10,16H,1-2,11-12H2,(H2,22,25). The van der Waals surface area contributed by atoms with Gasteiger partial charge in [-0.15, -0.1) is 0 Å². The van der Waals surface area contributed by atoms with Crippen molar-refractivity contribution in [2.45, 2.75) is 12.8 Å². The first-order valence-electron chi connectivity index (χ1n) is 8.44. The lowest BCUT2D eigenvalue weighted by Gasteiger charge is -2.32. The van der Waals surface area contributed by atoms with E-state index in [0.29, 0.717) is 36.2 Å². The Balaban J connectivity index is 1.71. The second-order valence-corrected chi connectivity index (χ2v) is 6.40. The number of nitrogens with zero attached hydrogens (tertiary/aromatic N) is 1. The van der Waals surface area contributed by atoms with Crippen LogP contribution in [-0.4, -0.2) is 35.6 Å². The molecule has 1 aliphatic heterocycles. The highest BCUT2D eigenvalue weighted by Crippen LogP contribution is 2.23. The number of carbonyl (C=O) groups is 3. The number of primary amides is 1. The zero-order chi connectivity index (χ0) is 18.7. The van der Waals surface area contributed by atoms with Gasteiger partial charge >= 0.3 is 0 Å². The summed E-state index contributed by atoms with van der Waals surface area (Å²) in [6.07, 6.45) is 1.42. The topological polar surface area (TPSA) is 80.5 Å². The average Bonchev–Trinajstić information content (AvgIpc) is 2.67. The maximum absolute atomic E-state index is 13.0. The number of piperidine rings is 1. The number of Topliss-reactive ketones (excluding diaryl/α,β-unsaturated/α-hetero) is 1. The molecule has 5 nitrogen and oxygen atoms in total. The number of benzene rings is 2. The Bertz CT molecular complexity index is 831. The molecular formula is C20H19FN2O3. The van der Waals surface area contributed by atoms with Crippen molar-refractivity contribution in [3.05, 3.63) is 71.0 Å². The Morgan fingerprint density at radius 3 is 2.12 bits per heavy atom. The molecule has 2 aromatic carbocycles. The first-order chi connectivity index (χ1) is 12.5. The van der Waals surface area contributed by atoms with E-state index in [1.54, 1.807) is 17.0 Å². The van der Waals surface area contributed by atoms with Crippen LogP contribution in [0.15, 0.2) is 48.5 Å². The van der Waals surface area contributed by atoms with Crippen molar-refractivity contribution in [3.63, 3.8) is 0 Å². The number of likely N-dealkylation sites (tertiary alicyclic amines) is 1. The van der Waals surface area contributed by atoms with Crippen molar-refractivity contribution in [2.75, 3.05) is 13.1 Å². The summed E-state index contributed by atoms with van der Waals surface area (Å²) in [5.74, 6) is -1.50. The van der Waals surface area contributed by atoms with Gasteiger partial charge in [0, 0.05) is 35.7 Å². The molecule has 1 heterocycles. The number of hydrogen-bond acceptors (Lipinski definition) is 3. The fourth-order valence-electron chi connectivity index (χ4n) is 3.19. The number of hydrogen-bond donors (Lipinski definition) is 1. The maximum atomic E-state index is 13.0. The summed E-state index contributed by atoms with van der Waals surface area (Å²) >= 11 is 0. The SMILES string of the molecule is NC(=O)c1ccc(C(=O)N2CCCC(C(=O)c3ccc(F)cc3)C2)cc1. The van der Waals surface area contributed by atoms with Crippen molar-refractivity contribution >= 4 is 17.6 Å². The maximum Gasteiger partial charge on any atom is 0.253 e. The van der Waals surface area contributed by atoms with Crippen molar-refractivity contribution < 1.29 is 18.8 Å². The van der Waals surface area contributed by atoms with Gasteiger partial charge in [0.15, 0.2) is 5.78 Å². The molecule has 3 rings (SSSR count). The van der Waals surface area contributed by atoms with Crippen LogP contribution < -0.4 is 5.73 Å². The Kier molecular flexibility index (Phi) is 5.11. The van der Waals surface area contributed by atoms with Gasteiger partial charge in [-0.2, -0.15) is 0 Å². The number of nitrogens with two attached hydrogens (primary N) is 1. The molecule has 1 fully saturated rings. The van der Waals surface area contributed by atoms with Gasteiger partial charge < -0.3 is 10.6 Å². The number of carbonyl (C=O) groups excluding carboxylic acids is 3. The Hall–Kier alpha value is -3.02. The summed E-state index contributed by atoms with van der Waals surface area (Å²) in [5.41, 5.74) is 6.45. The minimum absolute atomic E-state index is 0.0772. The number of rotatable bonds is 4. The number of amides is 2. The first kappa shape index (κ1) is 17.8. The third kappa shape index (κ3) is 3.79. The quantitative estimate of drug-likeness (QED) is 0.857. The summed E-state index contributed by atoms with van der Waals surface area (Å²) in [4.78, 5) is 38.1. The second kappa shape index (κ2) is 7.47. The molecule has 2 N–H and O–H groups in total. The van der Waals surface area contributed by atoms with Crippen molar-refractivity contribution in [1.29, 1.82) is 0 Å². The van der Waals surface area contributed by atoms with E-state index in [4.69, 9.17) is 5.73 Å². The molecule has 1 unspecified atom stereocenters. The molecular weight excluding hydrogens is 335 g/mol.